The van der Waals surface area contributed by atoms with Gasteiger partial charge in [-0.1, -0.05) is 6.92 Å². The summed E-state index contributed by atoms with van der Waals surface area (Å²) in [4.78, 5) is 9.93. The normalized spacial score (nSPS) is 12.5. The first-order valence-electron chi connectivity index (χ1n) is 4.14. The van der Waals surface area contributed by atoms with Gasteiger partial charge < -0.3 is 14.6 Å². The lowest BCUT2D eigenvalue weighted by Gasteiger charge is -2.10. The van der Waals surface area contributed by atoms with E-state index >= 15 is 0 Å². The van der Waals surface area contributed by atoms with Crippen molar-refractivity contribution in [2.45, 2.75) is 32.8 Å². The number of hydrogen-bond acceptors (Lipinski definition) is 3. The molecule has 4 nitrogen and oxygen atoms in total. The Kier molecular flexibility index (Phi) is 6.47. The zero-order valence-electron chi connectivity index (χ0n) is 7.58. The molecule has 0 saturated carbocycles. The highest BCUT2D eigenvalue weighted by molar-refractivity contribution is 5.56. The van der Waals surface area contributed by atoms with Crippen LogP contribution in [0.15, 0.2) is 0 Å². The van der Waals surface area contributed by atoms with Crippen molar-refractivity contribution in [1.82, 2.24) is 0 Å². The van der Waals surface area contributed by atoms with Crippen LogP contribution in [0.5, 0.6) is 0 Å². The molecule has 0 saturated heterocycles. The second-order valence-electron chi connectivity index (χ2n) is 2.58. The molecule has 0 spiro atoms. The highest BCUT2D eigenvalue weighted by atomic mass is 16.7. The highest BCUT2D eigenvalue weighted by Gasteiger charge is 2.03. The molecule has 4 heteroatoms. The van der Waals surface area contributed by atoms with E-state index in [-0.39, 0.29) is 12.7 Å². The lowest BCUT2D eigenvalue weighted by molar-refractivity contribution is 0.0344. The fraction of sp³-hybridized carbons (Fsp3) is 0.875. The van der Waals surface area contributed by atoms with Crippen LogP contribution in [0.4, 0.5) is 4.79 Å². The van der Waals surface area contributed by atoms with Gasteiger partial charge in [0, 0.05) is 13.0 Å². The van der Waals surface area contributed by atoms with Crippen molar-refractivity contribution in [3.63, 3.8) is 0 Å². The Morgan fingerprint density at radius 3 is 2.67 bits per heavy atom. The Hall–Kier alpha value is -0.770. The van der Waals surface area contributed by atoms with Gasteiger partial charge in [-0.05, 0) is 13.3 Å². The Labute approximate surface area is 72.5 Å². The first kappa shape index (κ1) is 11.2. The van der Waals surface area contributed by atoms with Crippen LogP contribution >= 0.6 is 0 Å². The molecule has 72 valence electrons. The maximum absolute atomic E-state index is 9.93. The second kappa shape index (κ2) is 6.91. The van der Waals surface area contributed by atoms with Gasteiger partial charge in [-0.15, -0.1) is 0 Å². The van der Waals surface area contributed by atoms with Crippen molar-refractivity contribution in [2.24, 2.45) is 0 Å². The predicted octanol–water partition coefficient (Wildman–Crippen LogP) is 1.89. The number of rotatable bonds is 6. The number of carboxylic acid groups (broad SMARTS) is 1. The number of ether oxygens (including phenoxy) is 2. The van der Waals surface area contributed by atoms with E-state index in [4.69, 9.17) is 9.84 Å². The van der Waals surface area contributed by atoms with Crippen molar-refractivity contribution in [2.75, 3.05) is 13.2 Å². The molecule has 0 aromatic rings. The topological polar surface area (TPSA) is 55.8 Å². The lowest BCUT2D eigenvalue weighted by atomic mass is 10.3. The first-order chi connectivity index (χ1) is 5.66. The van der Waals surface area contributed by atoms with Gasteiger partial charge in [-0.3, -0.25) is 0 Å². The number of carbonyl (C=O) groups is 1. The van der Waals surface area contributed by atoms with E-state index in [9.17, 15) is 4.79 Å². The molecule has 0 rings (SSSR count). The molecule has 0 aromatic carbocycles. The van der Waals surface area contributed by atoms with E-state index in [0.29, 0.717) is 13.0 Å². The van der Waals surface area contributed by atoms with Gasteiger partial charge in [-0.25, -0.2) is 4.79 Å². The quantitative estimate of drug-likeness (QED) is 0.628. The summed E-state index contributed by atoms with van der Waals surface area (Å²) < 4.78 is 9.63. The second-order valence-corrected chi connectivity index (χ2v) is 2.58. The van der Waals surface area contributed by atoms with E-state index in [2.05, 4.69) is 4.74 Å². The van der Waals surface area contributed by atoms with Crippen molar-refractivity contribution in [1.29, 1.82) is 0 Å². The van der Waals surface area contributed by atoms with Crippen LogP contribution in [0.2, 0.25) is 0 Å². The molecule has 0 amide bonds. The molecule has 0 aliphatic rings. The van der Waals surface area contributed by atoms with Crippen LogP contribution in [-0.2, 0) is 9.47 Å². The molecule has 1 N–H and O–H groups in total. The zero-order valence-corrected chi connectivity index (χ0v) is 7.58. The standard InChI is InChI=1S/C8H16O4/c1-3-5-11-7(2)4-6-12-8(9)10/h7H,3-6H2,1-2H3,(H,9,10). The molecular formula is C8H16O4. The summed E-state index contributed by atoms with van der Waals surface area (Å²) >= 11 is 0. The lowest BCUT2D eigenvalue weighted by Crippen LogP contribution is -2.13. The van der Waals surface area contributed by atoms with E-state index < -0.39 is 6.16 Å². The molecule has 0 bridgehead atoms. The molecule has 1 atom stereocenters. The highest BCUT2D eigenvalue weighted by Crippen LogP contribution is 1.98. The Morgan fingerprint density at radius 1 is 1.50 bits per heavy atom. The summed E-state index contributed by atoms with van der Waals surface area (Å²) in [5.74, 6) is 0. The Balaban J connectivity index is 3.19. The van der Waals surface area contributed by atoms with Gasteiger partial charge in [0.15, 0.2) is 0 Å². The zero-order chi connectivity index (χ0) is 9.40. The maximum Gasteiger partial charge on any atom is 0.505 e. The molecular weight excluding hydrogens is 160 g/mol. The molecule has 0 aromatic heterocycles. The molecule has 0 aliphatic heterocycles. The SMILES string of the molecule is CCCOC(C)CCOC(=O)O. The van der Waals surface area contributed by atoms with E-state index in [1.54, 1.807) is 0 Å². The summed E-state index contributed by atoms with van der Waals surface area (Å²) in [6.07, 6.45) is 0.443. The first-order valence-corrected chi connectivity index (χ1v) is 4.14. The monoisotopic (exact) mass is 176 g/mol. The van der Waals surface area contributed by atoms with Crippen molar-refractivity contribution < 1.29 is 19.4 Å². The fourth-order valence-electron chi connectivity index (χ4n) is 0.715. The van der Waals surface area contributed by atoms with Gasteiger partial charge >= 0.3 is 6.16 Å². The maximum atomic E-state index is 9.93. The van der Waals surface area contributed by atoms with Crippen LogP contribution in [0, 0.1) is 0 Å². The van der Waals surface area contributed by atoms with E-state index in [0.717, 1.165) is 6.42 Å². The summed E-state index contributed by atoms with van der Waals surface area (Å²) in [5.41, 5.74) is 0. The Morgan fingerprint density at radius 2 is 2.17 bits per heavy atom. The van der Waals surface area contributed by atoms with Crippen LogP contribution in [0.1, 0.15) is 26.7 Å². The van der Waals surface area contributed by atoms with Crippen molar-refractivity contribution in [3.8, 4) is 0 Å². The van der Waals surface area contributed by atoms with Crippen LogP contribution < -0.4 is 0 Å². The molecule has 0 fully saturated rings. The van der Waals surface area contributed by atoms with E-state index in [1.165, 1.54) is 0 Å². The van der Waals surface area contributed by atoms with E-state index in [1.807, 2.05) is 13.8 Å². The Bertz CT molecular complexity index is 124. The fourth-order valence-corrected chi connectivity index (χ4v) is 0.715. The average molecular weight is 176 g/mol. The number of hydrogen-bond donors (Lipinski definition) is 1. The van der Waals surface area contributed by atoms with Gasteiger partial charge in [0.1, 0.15) is 0 Å². The molecule has 0 aliphatic carbocycles. The summed E-state index contributed by atoms with van der Waals surface area (Å²) in [6.45, 7) is 4.86. The van der Waals surface area contributed by atoms with Crippen molar-refractivity contribution in [3.05, 3.63) is 0 Å². The third-order valence-corrected chi connectivity index (χ3v) is 1.36. The van der Waals surface area contributed by atoms with Crippen LogP contribution in [-0.4, -0.2) is 30.6 Å². The molecule has 1 unspecified atom stereocenters. The van der Waals surface area contributed by atoms with Crippen molar-refractivity contribution >= 4 is 6.16 Å². The third-order valence-electron chi connectivity index (χ3n) is 1.36. The molecule has 0 heterocycles. The van der Waals surface area contributed by atoms with Crippen LogP contribution in [0.3, 0.4) is 0 Å². The minimum absolute atomic E-state index is 0.0734. The summed E-state index contributed by atoms with van der Waals surface area (Å²) in [7, 11) is 0. The smallest absolute Gasteiger partial charge is 0.450 e. The summed E-state index contributed by atoms with van der Waals surface area (Å²) in [5, 5.41) is 8.14. The predicted molar refractivity (Wildman–Crippen MR) is 44.3 cm³/mol. The minimum Gasteiger partial charge on any atom is -0.450 e. The van der Waals surface area contributed by atoms with Gasteiger partial charge in [0.25, 0.3) is 0 Å². The average Bonchev–Trinajstić information content (AvgIpc) is 2.00. The van der Waals surface area contributed by atoms with Gasteiger partial charge in [0.2, 0.25) is 0 Å². The van der Waals surface area contributed by atoms with Gasteiger partial charge in [0.05, 0.1) is 12.7 Å². The minimum atomic E-state index is -1.22. The van der Waals surface area contributed by atoms with Gasteiger partial charge in [-0.2, -0.15) is 0 Å². The molecule has 0 radical (unpaired) electrons. The largest absolute Gasteiger partial charge is 0.505 e. The molecule has 12 heavy (non-hydrogen) atoms. The third kappa shape index (κ3) is 7.34. The summed E-state index contributed by atoms with van der Waals surface area (Å²) in [6, 6.07) is 0. The van der Waals surface area contributed by atoms with Crippen LogP contribution in [0.25, 0.3) is 0 Å².